The molecule has 0 aliphatic heterocycles. The van der Waals surface area contributed by atoms with Crippen LogP contribution in [0.3, 0.4) is 0 Å². The van der Waals surface area contributed by atoms with Crippen LogP contribution in [0, 0.1) is 6.92 Å². The molecule has 30 heavy (non-hydrogen) atoms. The summed E-state index contributed by atoms with van der Waals surface area (Å²) in [6.45, 7) is 4.32. The molecular formula is C22H21ClN2O4S. The first kappa shape index (κ1) is 21.7. The smallest absolute Gasteiger partial charge is 0.261 e. The van der Waals surface area contributed by atoms with E-state index in [0.717, 1.165) is 5.56 Å². The molecule has 0 atom stereocenters. The lowest BCUT2D eigenvalue weighted by Crippen LogP contribution is -2.16. The number of hydrogen-bond donors (Lipinski definition) is 2. The van der Waals surface area contributed by atoms with Crippen LogP contribution in [-0.4, -0.2) is 20.9 Å². The summed E-state index contributed by atoms with van der Waals surface area (Å²) in [5.41, 5.74) is 2.08. The van der Waals surface area contributed by atoms with Crippen molar-refractivity contribution in [2.24, 2.45) is 0 Å². The Morgan fingerprint density at radius 1 is 0.967 bits per heavy atom. The predicted octanol–water partition coefficient (Wildman–Crippen LogP) is 5.10. The van der Waals surface area contributed by atoms with E-state index in [1.54, 1.807) is 36.4 Å². The molecule has 0 radical (unpaired) electrons. The van der Waals surface area contributed by atoms with Crippen molar-refractivity contribution in [3.05, 3.63) is 82.9 Å². The van der Waals surface area contributed by atoms with Gasteiger partial charge >= 0.3 is 0 Å². The van der Waals surface area contributed by atoms with Gasteiger partial charge in [0.15, 0.2) is 0 Å². The maximum atomic E-state index is 12.8. The summed E-state index contributed by atoms with van der Waals surface area (Å²) in [7, 11) is -3.92. The van der Waals surface area contributed by atoms with Crippen molar-refractivity contribution in [2.45, 2.75) is 18.7 Å². The average molecular weight is 445 g/mol. The molecule has 0 fully saturated rings. The molecule has 0 aromatic heterocycles. The number of carbonyl (C=O) groups is 1. The number of sulfonamides is 1. The third kappa shape index (κ3) is 5.31. The van der Waals surface area contributed by atoms with E-state index in [1.165, 1.54) is 18.2 Å². The summed E-state index contributed by atoms with van der Waals surface area (Å²) in [5.74, 6) is 0.143. The van der Waals surface area contributed by atoms with Gasteiger partial charge in [-0.05, 0) is 68.4 Å². The molecule has 3 aromatic rings. The van der Waals surface area contributed by atoms with E-state index in [2.05, 4.69) is 10.0 Å². The van der Waals surface area contributed by atoms with Crippen LogP contribution in [0.25, 0.3) is 0 Å². The van der Waals surface area contributed by atoms with Gasteiger partial charge in [-0.1, -0.05) is 29.3 Å². The number of hydrogen-bond acceptors (Lipinski definition) is 4. The van der Waals surface area contributed by atoms with Gasteiger partial charge in [0.1, 0.15) is 5.75 Å². The van der Waals surface area contributed by atoms with E-state index in [9.17, 15) is 13.2 Å². The average Bonchev–Trinajstić information content (AvgIpc) is 2.71. The van der Waals surface area contributed by atoms with Crippen LogP contribution in [0.1, 0.15) is 22.8 Å². The predicted molar refractivity (Wildman–Crippen MR) is 119 cm³/mol. The van der Waals surface area contributed by atoms with Crippen molar-refractivity contribution >= 4 is 38.9 Å². The van der Waals surface area contributed by atoms with Crippen molar-refractivity contribution < 1.29 is 17.9 Å². The first-order valence-electron chi connectivity index (χ1n) is 9.22. The fourth-order valence-corrected chi connectivity index (χ4v) is 3.97. The zero-order valence-electron chi connectivity index (χ0n) is 16.5. The maximum absolute atomic E-state index is 12.8. The maximum Gasteiger partial charge on any atom is 0.261 e. The van der Waals surface area contributed by atoms with Gasteiger partial charge in [-0.25, -0.2) is 8.42 Å². The van der Waals surface area contributed by atoms with Gasteiger partial charge in [-0.3, -0.25) is 9.52 Å². The Morgan fingerprint density at radius 3 is 2.23 bits per heavy atom. The molecule has 3 aromatic carbocycles. The summed E-state index contributed by atoms with van der Waals surface area (Å²) < 4.78 is 33.4. The number of benzene rings is 3. The molecule has 0 saturated carbocycles. The van der Waals surface area contributed by atoms with Gasteiger partial charge in [0, 0.05) is 11.4 Å². The highest BCUT2D eigenvalue weighted by Crippen LogP contribution is 2.24. The quantitative estimate of drug-likeness (QED) is 0.531. The standard InChI is InChI=1S/C22H21ClN2O4S/c1-3-29-18-10-8-17(9-11-18)25-30(27,28)19-12-13-21(23)20(14-19)22(26)24-16-6-4-15(2)5-7-16/h4-14,25H,3H2,1-2H3,(H,24,26). The Morgan fingerprint density at radius 2 is 1.60 bits per heavy atom. The molecule has 0 spiro atoms. The third-order valence-electron chi connectivity index (χ3n) is 4.22. The lowest BCUT2D eigenvalue weighted by molar-refractivity contribution is 0.102. The highest BCUT2D eigenvalue weighted by Gasteiger charge is 2.19. The Bertz CT molecular complexity index is 1140. The van der Waals surface area contributed by atoms with Gasteiger partial charge < -0.3 is 10.1 Å². The van der Waals surface area contributed by atoms with E-state index in [1.807, 2.05) is 26.0 Å². The van der Waals surface area contributed by atoms with E-state index in [0.29, 0.717) is 23.7 Å². The minimum absolute atomic E-state index is 0.0619. The number of amides is 1. The van der Waals surface area contributed by atoms with Gasteiger partial charge in [0.2, 0.25) is 0 Å². The molecule has 1 amide bonds. The number of rotatable bonds is 7. The second-order valence-corrected chi connectivity index (χ2v) is 8.61. The van der Waals surface area contributed by atoms with Crippen LogP contribution < -0.4 is 14.8 Å². The van der Waals surface area contributed by atoms with E-state index in [4.69, 9.17) is 16.3 Å². The molecule has 156 valence electrons. The second kappa shape index (κ2) is 9.19. The molecule has 6 nitrogen and oxygen atoms in total. The van der Waals surface area contributed by atoms with Crippen molar-refractivity contribution in [3.8, 4) is 5.75 Å². The molecule has 0 aliphatic carbocycles. The summed E-state index contributed by atoms with van der Waals surface area (Å²) in [5, 5.41) is 2.87. The van der Waals surface area contributed by atoms with E-state index < -0.39 is 15.9 Å². The van der Waals surface area contributed by atoms with Crippen molar-refractivity contribution in [1.29, 1.82) is 0 Å². The summed E-state index contributed by atoms with van der Waals surface area (Å²) in [6.07, 6.45) is 0. The molecule has 0 heterocycles. The molecule has 0 aliphatic rings. The summed E-state index contributed by atoms with van der Waals surface area (Å²) in [4.78, 5) is 12.6. The molecule has 8 heteroatoms. The number of aryl methyl sites for hydroxylation is 1. The molecule has 3 rings (SSSR count). The number of ether oxygens (including phenoxy) is 1. The Hall–Kier alpha value is -3.03. The highest BCUT2D eigenvalue weighted by molar-refractivity contribution is 7.92. The lowest BCUT2D eigenvalue weighted by atomic mass is 10.2. The van der Waals surface area contributed by atoms with Gasteiger partial charge in [0.05, 0.1) is 22.1 Å². The zero-order valence-corrected chi connectivity index (χ0v) is 18.0. The Labute approximate surface area is 180 Å². The molecule has 0 unspecified atom stereocenters. The van der Waals surface area contributed by atoms with Gasteiger partial charge in [-0.2, -0.15) is 0 Å². The number of halogens is 1. The fraction of sp³-hybridized carbons (Fsp3) is 0.136. The van der Waals surface area contributed by atoms with Crippen LogP contribution >= 0.6 is 11.6 Å². The van der Waals surface area contributed by atoms with Crippen LogP contribution in [0.15, 0.2) is 71.6 Å². The summed E-state index contributed by atoms with van der Waals surface area (Å²) in [6, 6.07) is 17.8. The largest absolute Gasteiger partial charge is 0.494 e. The number of carbonyl (C=O) groups excluding carboxylic acids is 1. The molecule has 0 bridgehead atoms. The van der Waals surface area contributed by atoms with Crippen LogP contribution in [0.2, 0.25) is 5.02 Å². The van der Waals surface area contributed by atoms with E-state index in [-0.39, 0.29) is 15.5 Å². The summed E-state index contributed by atoms with van der Waals surface area (Å²) >= 11 is 6.15. The first-order valence-corrected chi connectivity index (χ1v) is 11.1. The monoisotopic (exact) mass is 444 g/mol. The van der Waals surface area contributed by atoms with Gasteiger partial charge in [-0.15, -0.1) is 0 Å². The first-order chi connectivity index (χ1) is 14.3. The third-order valence-corrected chi connectivity index (χ3v) is 5.93. The zero-order chi connectivity index (χ0) is 21.7. The topological polar surface area (TPSA) is 84.5 Å². The van der Waals surface area contributed by atoms with Crippen molar-refractivity contribution in [2.75, 3.05) is 16.6 Å². The van der Waals surface area contributed by atoms with Crippen LogP contribution in [-0.2, 0) is 10.0 Å². The number of nitrogens with one attached hydrogen (secondary N) is 2. The van der Waals surface area contributed by atoms with Crippen molar-refractivity contribution in [1.82, 2.24) is 0 Å². The Kier molecular flexibility index (Phi) is 6.64. The van der Waals surface area contributed by atoms with Crippen LogP contribution in [0.4, 0.5) is 11.4 Å². The van der Waals surface area contributed by atoms with E-state index >= 15 is 0 Å². The minimum Gasteiger partial charge on any atom is -0.494 e. The molecular weight excluding hydrogens is 424 g/mol. The Balaban J connectivity index is 1.81. The SMILES string of the molecule is CCOc1ccc(NS(=O)(=O)c2ccc(Cl)c(C(=O)Nc3ccc(C)cc3)c2)cc1. The fourth-order valence-electron chi connectivity index (χ4n) is 2.68. The normalized spacial score (nSPS) is 11.0. The minimum atomic E-state index is -3.92. The molecule has 2 N–H and O–H groups in total. The van der Waals surface area contributed by atoms with Gasteiger partial charge in [0.25, 0.3) is 15.9 Å². The number of anilines is 2. The molecule has 0 saturated heterocycles. The highest BCUT2D eigenvalue weighted by atomic mass is 35.5. The second-order valence-electron chi connectivity index (χ2n) is 6.52. The lowest BCUT2D eigenvalue weighted by Gasteiger charge is -2.12. The van der Waals surface area contributed by atoms with Crippen LogP contribution in [0.5, 0.6) is 5.75 Å². The van der Waals surface area contributed by atoms with Crippen molar-refractivity contribution in [3.63, 3.8) is 0 Å².